The van der Waals surface area contributed by atoms with Crippen LogP contribution in [0.2, 0.25) is 0 Å². The number of nitrogens with zero attached hydrogens (tertiary/aromatic N) is 2. The number of piperidine rings is 1. The monoisotopic (exact) mass is 399 g/mol. The molecular formula is C21H22FN3O4. The van der Waals surface area contributed by atoms with Gasteiger partial charge in [-0.1, -0.05) is 18.2 Å². The normalized spacial score (nSPS) is 22.8. The third kappa shape index (κ3) is 4.37. The lowest BCUT2D eigenvalue weighted by molar-refractivity contribution is -0.156. The maximum absolute atomic E-state index is 13.8. The second kappa shape index (κ2) is 8.57. The van der Waals surface area contributed by atoms with Gasteiger partial charge in [0.15, 0.2) is 17.7 Å². The van der Waals surface area contributed by atoms with Gasteiger partial charge in [-0.2, -0.15) is 0 Å². The summed E-state index contributed by atoms with van der Waals surface area (Å²) in [6, 6.07) is 9.29. The van der Waals surface area contributed by atoms with Crippen LogP contribution in [0.15, 0.2) is 48.8 Å². The first-order chi connectivity index (χ1) is 14.1. The number of benzene rings is 1. The molecule has 2 saturated heterocycles. The lowest BCUT2D eigenvalue weighted by Crippen LogP contribution is -2.55. The lowest BCUT2D eigenvalue weighted by atomic mass is 9.99. The summed E-state index contributed by atoms with van der Waals surface area (Å²) in [5.41, 5.74) is 0.719. The molecule has 0 spiro atoms. The highest BCUT2D eigenvalue weighted by Crippen LogP contribution is 2.26. The fourth-order valence-corrected chi connectivity index (χ4v) is 3.68. The molecule has 152 valence electrons. The van der Waals surface area contributed by atoms with Crippen molar-refractivity contribution >= 4 is 11.8 Å². The minimum absolute atomic E-state index is 0.153. The van der Waals surface area contributed by atoms with E-state index in [2.05, 4.69) is 10.3 Å². The van der Waals surface area contributed by atoms with Crippen molar-refractivity contribution in [2.24, 2.45) is 0 Å². The minimum atomic E-state index is -0.805. The summed E-state index contributed by atoms with van der Waals surface area (Å²) in [6.45, 7) is 0.803. The molecule has 0 saturated carbocycles. The highest BCUT2D eigenvalue weighted by Gasteiger charge is 2.39. The third-order valence-corrected chi connectivity index (χ3v) is 5.18. The quantitative estimate of drug-likeness (QED) is 0.849. The van der Waals surface area contributed by atoms with Crippen molar-refractivity contribution in [1.82, 2.24) is 15.2 Å². The number of halogens is 1. The van der Waals surface area contributed by atoms with E-state index < -0.39 is 18.0 Å². The number of aromatic nitrogens is 1. The van der Waals surface area contributed by atoms with Gasteiger partial charge in [0.1, 0.15) is 12.7 Å². The van der Waals surface area contributed by atoms with Crippen molar-refractivity contribution in [2.45, 2.75) is 31.1 Å². The summed E-state index contributed by atoms with van der Waals surface area (Å²) >= 11 is 0. The molecular weight excluding hydrogens is 377 g/mol. The molecule has 29 heavy (non-hydrogen) atoms. The van der Waals surface area contributed by atoms with E-state index in [-0.39, 0.29) is 30.3 Å². The summed E-state index contributed by atoms with van der Waals surface area (Å²) in [5.74, 6) is -0.605. The van der Waals surface area contributed by atoms with Crippen LogP contribution in [0.1, 0.15) is 24.4 Å². The van der Waals surface area contributed by atoms with Crippen LogP contribution in [0.25, 0.3) is 0 Å². The molecule has 0 aliphatic carbocycles. The molecule has 1 aromatic carbocycles. The van der Waals surface area contributed by atoms with E-state index >= 15 is 0 Å². The number of pyridine rings is 1. The Labute approximate surface area is 167 Å². The number of likely N-dealkylation sites (tertiary alicyclic amines) is 1. The summed E-state index contributed by atoms with van der Waals surface area (Å²) in [6.07, 6.45) is 3.48. The molecule has 2 aliphatic rings. The summed E-state index contributed by atoms with van der Waals surface area (Å²) < 4.78 is 25.1. The molecule has 2 atom stereocenters. The first-order valence-corrected chi connectivity index (χ1v) is 9.62. The van der Waals surface area contributed by atoms with Gasteiger partial charge in [-0.3, -0.25) is 14.6 Å². The van der Waals surface area contributed by atoms with Crippen molar-refractivity contribution in [1.29, 1.82) is 0 Å². The zero-order valence-electron chi connectivity index (χ0n) is 15.8. The summed E-state index contributed by atoms with van der Waals surface area (Å²) in [4.78, 5) is 30.7. The molecule has 1 aromatic heterocycles. The van der Waals surface area contributed by atoms with Gasteiger partial charge in [-0.05, 0) is 23.8 Å². The van der Waals surface area contributed by atoms with Crippen molar-refractivity contribution in [2.75, 3.05) is 19.7 Å². The van der Waals surface area contributed by atoms with Crippen LogP contribution in [0.4, 0.5) is 4.39 Å². The maximum Gasteiger partial charge on any atom is 0.254 e. The molecule has 1 N–H and O–H groups in total. The highest BCUT2D eigenvalue weighted by molar-refractivity contribution is 5.86. The van der Waals surface area contributed by atoms with Gasteiger partial charge >= 0.3 is 0 Å². The number of hydrogen-bond acceptors (Lipinski definition) is 5. The Hall–Kier alpha value is -3.00. The molecule has 0 bridgehead atoms. The molecule has 2 fully saturated rings. The number of hydrogen-bond donors (Lipinski definition) is 1. The molecule has 2 aromatic rings. The van der Waals surface area contributed by atoms with Gasteiger partial charge in [0.05, 0.1) is 6.04 Å². The van der Waals surface area contributed by atoms with E-state index in [1.165, 1.54) is 6.07 Å². The van der Waals surface area contributed by atoms with Crippen LogP contribution in [0.5, 0.6) is 5.75 Å². The molecule has 8 heteroatoms. The third-order valence-electron chi connectivity index (χ3n) is 5.18. The highest BCUT2D eigenvalue weighted by atomic mass is 19.1. The van der Waals surface area contributed by atoms with E-state index in [0.29, 0.717) is 25.9 Å². The molecule has 3 heterocycles. The van der Waals surface area contributed by atoms with Crippen LogP contribution in [-0.2, 0) is 14.3 Å². The predicted octanol–water partition coefficient (Wildman–Crippen LogP) is 1.85. The first-order valence-electron chi connectivity index (χ1n) is 9.62. The molecule has 0 radical (unpaired) electrons. The second-order valence-corrected chi connectivity index (χ2v) is 7.14. The van der Waals surface area contributed by atoms with Crippen LogP contribution < -0.4 is 10.1 Å². The van der Waals surface area contributed by atoms with Crippen molar-refractivity contribution in [3.05, 3.63) is 60.2 Å². The smallest absolute Gasteiger partial charge is 0.254 e. The maximum atomic E-state index is 13.8. The van der Waals surface area contributed by atoms with E-state index in [1.807, 2.05) is 0 Å². The van der Waals surface area contributed by atoms with Gasteiger partial charge in [-0.15, -0.1) is 0 Å². The van der Waals surface area contributed by atoms with E-state index in [1.54, 1.807) is 47.6 Å². The predicted molar refractivity (Wildman–Crippen MR) is 101 cm³/mol. The van der Waals surface area contributed by atoms with Crippen molar-refractivity contribution < 1.29 is 23.5 Å². The largest absolute Gasteiger partial charge is 0.487 e. The van der Waals surface area contributed by atoms with Crippen LogP contribution in [-0.4, -0.2) is 53.6 Å². The van der Waals surface area contributed by atoms with Gasteiger partial charge in [0.2, 0.25) is 5.91 Å². The Morgan fingerprint density at radius 3 is 2.72 bits per heavy atom. The fourth-order valence-electron chi connectivity index (χ4n) is 3.68. The Bertz CT molecular complexity index is 871. The number of para-hydroxylation sites is 1. The van der Waals surface area contributed by atoms with Crippen molar-refractivity contribution in [3.63, 3.8) is 0 Å². The van der Waals surface area contributed by atoms with Crippen molar-refractivity contribution in [3.8, 4) is 5.75 Å². The second-order valence-electron chi connectivity index (χ2n) is 7.14. The number of amides is 2. The van der Waals surface area contributed by atoms with Gasteiger partial charge in [0.25, 0.3) is 5.91 Å². The number of nitrogens with one attached hydrogen (secondary N) is 1. The zero-order chi connectivity index (χ0) is 20.2. The van der Waals surface area contributed by atoms with E-state index in [4.69, 9.17) is 9.47 Å². The summed E-state index contributed by atoms with van der Waals surface area (Å²) in [7, 11) is 0. The Morgan fingerprint density at radius 1 is 1.21 bits per heavy atom. The van der Waals surface area contributed by atoms with Gasteiger partial charge in [0, 0.05) is 38.3 Å². The molecule has 2 amide bonds. The number of rotatable bonds is 4. The molecule has 0 unspecified atom stereocenters. The van der Waals surface area contributed by atoms with Crippen LogP contribution >= 0.6 is 0 Å². The van der Waals surface area contributed by atoms with E-state index in [0.717, 1.165) is 5.56 Å². The Kier molecular flexibility index (Phi) is 5.71. The standard InChI is InChI=1S/C21H22FN3O4/c22-16-5-1-2-6-17(16)29-15-7-10-25(11-8-15)21(27)20-19(24-18(26)13-28-20)14-4-3-9-23-12-14/h1-6,9,12,15,19-20H,7-8,10-11,13H2,(H,24,26)/t19-,20+/m1/s1. The number of morpholine rings is 1. The average molecular weight is 399 g/mol. The zero-order valence-corrected chi connectivity index (χ0v) is 15.8. The fraction of sp³-hybridized carbons (Fsp3) is 0.381. The van der Waals surface area contributed by atoms with E-state index in [9.17, 15) is 14.0 Å². The molecule has 4 rings (SSSR count). The number of ether oxygens (including phenoxy) is 2. The Morgan fingerprint density at radius 2 is 2.00 bits per heavy atom. The average Bonchev–Trinajstić information content (AvgIpc) is 2.76. The van der Waals surface area contributed by atoms with Crippen LogP contribution in [0, 0.1) is 5.82 Å². The first kappa shape index (κ1) is 19.3. The molecule has 2 aliphatic heterocycles. The minimum Gasteiger partial charge on any atom is -0.487 e. The van der Waals surface area contributed by atoms with Crippen LogP contribution in [0.3, 0.4) is 0 Å². The lowest BCUT2D eigenvalue weighted by Gasteiger charge is -2.38. The topological polar surface area (TPSA) is 80.8 Å². The van der Waals surface area contributed by atoms with Gasteiger partial charge < -0.3 is 19.7 Å². The SMILES string of the molecule is O=C1CO[C@H](C(=O)N2CCC(Oc3ccccc3F)CC2)[C@@H](c2cccnc2)N1. The van der Waals surface area contributed by atoms with Gasteiger partial charge in [-0.25, -0.2) is 4.39 Å². The Balaban J connectivity index is 1.39. The molecule has 7 nitrogen and oxygen atoms in total. The number of carbonyl (C=O) groups is 2. The summed E-state index contributed by atoms with van der Waals surface area (Å²) in [5, 5.41) is 2.83. The number of carbonyl (C=O) groups excluding carboxylic acids is 2.